The van der Waals surface area contributed by atoms with Crippen LogP contribution < -0.4 is 5.32 Å². The molecule has 0 atom stereocenters. The van der Waals surface area contributed by atoms with Crippen molar-refractivity contribution in [3.05, 3.63) is 18.2 Å². The van der Waals surface area contributed by atoms with Crippen molar-refractivity contribution in [2.45, 2.75) is 38.1 Å². The molecule has 0 aromatic carbocycles. The average molecular weight is 209 g/mol. The molecule has 0 saturated heterocycles. The maximum atomic E-state index is 11.7. The Bertz CT molecular complexity index is 345. The van der Waals surface area contributed by atoms with E-state index in [0.29, 0.717) is 11.7 Å². The summed E-state index contributed by atoms with van der Waals surface area (Å²) in [6.07, 6.45) is 9.38. The Kier molecular flexibility index (Phi) is 3.04. The highest BCUT2D eigenvalue weighted by Gasteiger charge is 2.17. The Balaban J connectivity index is 0.00000128. The first-order chi connectivity index (χ1) is 7.25. The van der Waals surface area contributed by atoms with Crippen molar-refractivity contribution < 1.29 is 6.22 Å². The van der Waals surface area contributed by atoms with E-state index < -0.39 is 0 Å². The van der Waals surface area contributed by atoms with Gasteiger partial charge in [-0.25, -0.2) is 4.98 Å². The van der Waals surface area contributed by atoms with E-state index in [0.717, 1.165) is 12.8 Å². The second-order valence-corrected chi connectivity index (χ2v) is 4.23. The first kappa shape index (κ1) is 10.2. The molecule has 0 bridgehead atoms. The van der Waals surface area contributed by atoms with E-state index in [1.807, 2.05) is 7.05 Å². The van der Waals surface area contributed by atoms with Crippen LogP contribution in [0.15, 0.2) is 12.5 Å². The molecule has 15 heavy (non-hydrogen) atoms. The maximum absolute atomic E-state index is 11.7. The second kappa shape index (κ2) is 4.47. The largest absolute Gasteiger partial charge is 0.348 e. The highest BCUT2D eigenvalue weighted by atomic mass is 16.1. The molecule has 84 valence electrons. The van der Waals surface area contributed by atoms with Crippen molar-refractivity contribution in [1.29, 1.82) is 0 Å². The van der Waals surface area contributed by atoms with Crippen LogP contribution in [0.25, 0.3) is 0 Å². The molecule has 1 heterocycles. The molecule has 0 unspecified atom stereocenters. The van der Waals surface area contributed by atoms with Crippen molar-refractivity contribution in [3.8, 4) is 0 Å². The van der Waals surface area contributed by atoms with E-state index in [9.17, 15) is 4.79 Å². The van der Waals surface area contributed by atoms with Gasteiger partial charge in [0.1, 0.15) is 5.69 Å². The van der Waals surface area contributed by atoms with E-state index >= 15 is 0 Å². The molecule has 1 aromatic rings. The molecular weight excluding hydrogens is 190 g/mol. The van der Waals surface area contributed by atoms with E-state index in [-0.39, 0.29) is 7.33 Å². The van der Waals surface area contributed by atoms with Crippen molar-refractivity contribution in [2.24, 2.45) is 7.05 Å². The summed E-state index contributed by atoms with van der Waals surface area (Å²) in [5, 5.41) is 3.03. The van der Waals surface area contributed by atoms with Crippen LogP contribution in [0, 0.1) is 0 Å². The number of carbonyl (C=O) groups is 1. The lowest BCUT2D eigenvalue weighted by Crippen LogP contribution is -2.36. The first-order valence-corrected chi connectivity index (χ1v) is 5.54. The lowest BCUT2D eigenvalue weighted by Gasteiger charge is -2.22. The van der Waals surface area contributed by atoms with Crippen LogP contribution in [0.1, 0.15) is 44.0 Å². The highest BCUT2D eigenvalue weighted by molar-refractivity contribution is 5.92. The Hall–Kier alpha value is -1.32. The third kappa shape index (κ3) is 2.58. The summed E-state index contributed by atoms with van der Waals surface area (Å²) >= 11 is 0. The van der Waals surface area contributed by atoms with Gasteiger partial charge < -0.3 is 9.88 Å². The second-order valence-electron chi connectivity index (χ2n) is 4.23. The van der Waals surface area contributed by atoms with Crippen molar-refractivity contribution in [2.75, 3.05) is 0 Å². The molecule has 4 heteroatoms. The number of imidazole rings is 1. The molecule has 1 N–H and O–H groups in total. The number of amides is 1. The number of aromatic nitrogens is 2. The summed E-state index contributed by atoms with van der Waals surface area (Å²) in [7, 11) is 1.87. The lowest BCUT2D eigenvalue weighted by molar-refractivity contribution is 0.0923. The van der Waals surface area contributed by atoms with Crippen LogP contribution in [-0.2, 0) is 7.05 Å². The minimum absolute atomic E-state index is 0. The number of rotatable bonds is 2. The minimum Gasteiger partial charge on any atom is -0.348 e. The third-order valence-corrected chi connectivity index (χ3v) is 2.88. The Labute approximate surface area is 91.2 Å². The molecule has 0 aliphatic heterocycles. The monoisotopic (exact) mass is 209 g/mol. The molecule has 1 aromatic heterocycles. The fraction of sp³-hybridized carbons (Fsp3) is 0.636. The Morgan fingerprint density at radius 2 is 2.27 bits per heavy atom. The Morgan fingerprint density at radius 3 is 2.87 bits per heavy atom. The molecule has 1 aliphatic carbocycles. The van der Waals surface area contributed by atoms with Crippen molar-refractivity contribution in [3.63, 3.8) is 0 Å². The molecule has 1 aliphatic rings. The molecule has 1 fully saturated rings. The van der Waals surface area contributed by atoms with Crippen LogP contribution in [0.4, 0.5) is 0 Å². The predicted molar refractivity (Wildman–Crippen MR) is 59.7 cm³/mol. The quantitative estimate of drug-likeness (QED) is 0.806. The van der Waals surface area contributed by atoms with Gasteiger partial charge in [-0.1, -0.05) is 19.3 Å². The van der Waals surface area contributed by atoms with E-state index in [1.165, 1.54) is 19.3 Å². The number of carbonyl (C=O) groups excluding carboxylic acids is 1. The van der Waals surface area contributed by atoms with Crippen LogP contribution in [-0.4, -0.2) is 21.5 Å². The topological polar surface area (TPSA) is 46.9 Å². The standard InChI is InChI=1S/C11H17N3O.H2/c1-14-7-10(12-8-14)11(15)13-9-5-3-2-4-6-9;/h7-9H,2-6H2,1H3,(H,13,15);1H. The normalized spacial score (nSPS) is 17.7. The van der Waals surface area contributed by atoms with Crippen LogP contribution in [0.5, 0.6) is 0 Å². The Morgan fingerprint density at radius 1 is 1.53 bits per heavy atom. The molecule has 1 amide bonds. The number of nitrogens with zero attached hydrogens (tertiary/aromatic N) is 2. The van der Waals surface area contributed by atoms with Gasteiger partial charge >= 0.3 is 0 Å². The summed E-state index contributed by atoms with van der Waals surface area (Å²) in [4.78, 5) is 15.8. The van der Waals surface area contributed by atoms with Gasteiger partial charge in [0.05, 0.1) is 6.33 Å². The summed E-state index contributed by atoms with van der Waals surface area (Å²) in [6.45, 7) is 0. The van der Waals surface area contributed by atoms with Crippen LogP contribution in [0.2, 0.25) is 0 Å². The van der Waals surface area contributed by atoms with Crippen molar-refractivity contribution >= 4 is 5.91 Å². The van der Waals surface area contributed by atoms with Gasteiger partial charge in [-0.3, -0.25) is 4.79 Å². The summed E-state index contributed by atoms with van der Waals surface area (Å²) in [5.41, 5.74) is 0.517. The smallest absolute Gasteiger partial charge is 0.271 e. The molecule has 1 saturated carbocycles. The molecular formula is C11H19N3O. The van der Waals surface area contributed by atoms with Gasteiger partial charge in [-0.05, 0) is 12.8 Å². The zero-order chi connectivity index (χ0) is 10.7. The lowest BCUT2D eigenvalue weighted by atomic mass is 9.95. The van der Waals surface area contributed by atoms with Gasteiger partial charge in [0.2, 0.25) is 0 Å². The zero-order valence-electron chi connectivity index (χ0n) is 9.07. The van der Waals surface area contributed by atoms with Gasteiger partial charge in [-0.2, -0.15) is 0 Å². The van der Waals surface area contributed by atoms with Gasteiger partial charge in [0.15, 0.2) is 0 Å². The molecule has 0 spiro atoms. The third-order valence-electron chi connectivity index (χ3n) is 2.88. The number of hydrogen-bond donors (Lipinski definition) is 1. The fourth-order valence-corrected chi connectivity index (χ4v) is 2.04. The molecule has 4 nitrogen and oxygen atoms in total. The summed E-state index contributed by atoms with van der Waals surface area (Å²) in [5.74, 6) is -0.0394. The van der Waals surface area contributed by atoms with E-state index in [1.54, 1.807) is 17.1 Å². The predicted octanol–water partition coefficient (Wildman–Crippen LogP) is 1.73. The van der Waals surface area contributed by atoms with Gasteiger partial charge in [0.25, 0.3) is 5.91 Å². The van der Waals surface area contributed by atoms with Gasteiger partial charge in [0, 0.05) is 20.7 Å². The van der Waals surface area contributed by atoms with Gasteiger partial charge in [-0.15, -0.1) is 0 Å². The fourth-order valence-electron chi connectivity index (χ4n) is 2.04. The van der Waals surface area contributed by atoms with E-state index in [2.05, 4.69) is 10.3 Å². The minimum atomic E-state index is -0.0394. The first-order valence-electron chi connectivity index (χ1n) is 5.54. The van der Waals surface area contributed by atoms with E-state index in [4.69, 9.17) is 0 Å². The number of nitrogens with one attached hydrogen (secondary N) is 1. The zero-order valence-corrected chi connectivity index (χ0v) is 9.07. The average Bonchev–Trinajstić information content (AvgIpc) is 2.66. The van der Waals surface area contributed by atoms with Crippen LogP contribution in [0.3, 0.4) is 0 Å². The number of aryl methyl sites for hydroxylation is 1. The molecule has 0 radical (unpaired) electrons. The number of hydrogen-bond acceptors (Lipinski definition) is 2. The van der Waals surface area contributed by atoms with Crippen LogP contribution >= 0.6 is 0 Å². The summed E-state index contributed by atoms with van der Waals surface area (Å²) in [6, 6.07) is 0.355. The summed E-state index contributed by atoms with van der Waals surface area (Å²) < 4.78 is 1.79. The van der Waals surface area contributed by atoms with Crippen molar-refractivity contribution in [1.82, 2.24) is 14.9 Å². The molecule has 2 rings (SSSR count). The highest BCUT2D eigenvalue weighted by Crippen LogP contribution is 2.17. The maximum Gasteiger partial charge on any atom is 0.271 e. The SMILES string of the molecule is Cn1cnc(C(=O)NC2CCCCC2)c1.[HH].